The lowest BCUT2D eigenvalue weighted by molar-refractivity contribution is -0.136. The van der Waals surface area contributed by atoms with Crippen LogP contribution in [0.1, 0.15) is 6.42 Å². The van der Waals surface area contributed by atoms with Crippen molar-refractivity contribution in [3.8, 4) is 0 Å². The highest BCUT2D eigenvalue weighted by Crippen LogP contribution is 2.00. The van der Waals surface area contributed by atoms with Gasteiger partial charge in [0.05, 0.1) is 7.11 Å². The number of ketones is 1. The van der Waals surface area contributed by atoms with Gasteiger partial charge < -0.3 is 4.74 Å². The van der Waals surface area contributed by atoms with Gasteiger partial charge in [0.2, 0.25) is 0 Å². The molecule has 0 aromatic carbocycles. The van der Waals surface area contributed by atoms with E-state index in [2.05, 4.69) is 17.9 Å². The quantitative estimate of drug-likeness (QED) is 0.445. The standard InChI is InChI=1S/C8H10O3/c1-4-7(9)5-6(2)8(10)11-3/h4H,1-2,5H2,3H3. The Kier molecular flexibility index (Phi) is 3.88. The second-order valence-electron chi connectivity index (χ2n) is 1.94. The molecule has 0 fully saturated rings. The zero-order valence-corrected chi connectivity index (χ0v) is 6.42. The summed E-state index contributed by atoms with van der Waals surface area (Å²) in [5.74, 6) is -0.791. The summed E-state index contributed by atoms with van der Waals surface area (Å²) in [6.07, 6.45) is 1.13. The van der Waals surface area contributed by atoms with E-state index < -0.39 is 5.97 Å². The first-order valence-electron chi connectivity index (χ1n) is 3.03. The van der Waals surface area contributed by atoms with Crippen molar-refractivity contribution in [2.24, 2.45) is 0 Å². The van der Waals surface area contributed by atoms with E-state index in [0.29, 0.717) is 0 Å². The van der Waals surface area contributed by atoms with Gasteiger partial charge in [-0.1, -0.05) is 13.2 Å². The number of allylic oxidation sites excluding steroid dienone is 1. The number of carbonyl (C=O) groups is 2. The van der Waals surface area contributed by atoms with Crippen LogP contribution in [0, 0.1) is 0 Å². The number of rotatable bonds is 4. The Morgan fingerprint density at radius 2 is 2.09 bits per heavy atom. The smallest absolute Gasteiger partial charge is 0.333 e. The molecule has 0 heterocycles. The molecule has 0 aliphatic rings. The van der Waals surface area contributed by atoms with Crippen LogP contribution in [-0.4, -0.2) is 18.9 Å². The molecule has 0 amide bonds. The van der Waals surface area contributed by atoms with Gasteiger partial charge >= 0.3 is 5.97 Å². The number of carbonyl (C=O) groups excluding carboxylic acids is 2. The van der Waals surface area contributed by atoms with E-state index >= 15 is 0 Å². The van der Waals surface area contributed by atoms with Crippen LogP contribution >= 0.6 is 0 Å². The molecule has 0 saturated heterocycles. The highest BCUT2D eigenvalue weighted by Gasteiger charge is 2.08. The van der Waals surface area contributed by atoms with E-state index in [4.69, 9.17) is 0 Å². The molecule has 0 saturated carbocycles. The molecule has 0 N–H and O–H groups in total. The van der Waals surface area contributed by atoms with Crippen LogP contribution in [0.25, 0.3) is 0 Å². The molecule has 0 aliphatic carbocycles. The molecule has 3 nitrogen and oxygen atoms in total. The van der Waals surface area contributed by atoms with E-state index in [1.807, 2.05) is 0 Å². The van der Waals surface area contributed by atoms with Crippen molar-refractivity contribution in [2.75, 3.05) is 7.11 Å². The fourth-order valence-electron chi connectivity index (χ4n) is 0.499. The molecular weight excluding hydrogens is 144 g/mol. The summed E-state index contributed by atoms with van der Waals surface area (Å²) in [6, 6.07) is 0. The van der Waals surface area contributed by atoms with E-state index in [9.17, 15) is 9.59 Å². The van der Waals surface area contributed by atoms with Crippen LogP contribution in [0.5, 0.6) is 0 Å². The highest BCUT2D eigenvalue weighted by atomic mass is 16.5. The Labute approximate surface area is 65.4 Å². The molecule has 0 aromatic rings. The largest absolute Gasteiger partial charge is 0.466 e. The van der Waals surface area contributed by atoms with Gasteiger partial charge in [-0.3, -0.25) is 4.79 Å². The van der Waals surface area contributed by atoms with Crippen molar-refractivity contribution < 1.29 is 14.3 Å². The Hall–Kier alpha value is -1.38. The zero-order chi connectivity index (χ0) is 8.85. The van der Waals surface area contributed by atoms with Crippen molar-refractivity contribution in [3.05, 3.63) is 24.8 Å². The Morgan fingerprint density at radius 3 is 2.45 bits per heavy atom. The summed E-state index contributed by atoms with van der Waals surface area (Å²) in [6.45, 7) is 6.63. The SMILES string of the molecule is C=CC(=O)CC(=C)C(=O)OC. The minimum Gasteiger partial charge on any atom is -0.466 e. The van der Waals surface area contributed by atoms with Gasteiger partial charge in [-0.15, -0.1) is 0 Å². The first-order valence-corrected chi connectivity index (χ1v) is 3.03. The molecule has 0 bridgehead atoms. The summed E-state index contributed by atoms with van der Waals surface area (Å²) in [4.78, 5) is 21.3. The Morgan fingerprint density at radius 1 is 1.55 bits per heavy atom. The maximum absolute atomic E-state index is 10.7. The number of esters is 1. The minimum atomic E-state index is -0.555. The number of methoxy groups -OCH3 is 1. The lowest BCUT2D eigenvalue weighted by Crippen LogP contribution is -2.07. The van der Waals surface area contributed by atoms with Crippen LogP contribution in [-0.2, 0) is 14.3 Å². The third-order valence-corrected chi connectivity index (χ3v) is 1.09. The first kappa shape index (κ1) is 9.62. The second kappa shape index (κ2) is 4.44. The van der Waals surface area contributed by atoms with Gasteiger partial charge in [0.1, 0.15) is 0 Å². The fourth-order valence-corrected chi connectivity index (χ4v) is 0.499. The summed E-state index contributed by atoms with van der Waals surface area (Å²) >= 11 is 0. The van der Waals surface area contributed by atoms with Gasteiger partial charge in [0, 0.05) is 12.0 Å². The average molecular weight is 154 g/mol. The van der Waals surface area contributed by atoms with Gasteiger partial charge in [-0.25, -0.2) is 4.79 Å². The molecule has 0 aromatic heterocycles. The first-order chi connectivity index (χ1) is 5.11. The number of hydrogen-bond acceptors (Lipinski definition) is 3. The highest BCUT2D eigenvalue weighted by molar-refractivity contribution is 5.99. The predicted octanol–water partition coefficient (Wildman–Crippen LogP) is 0.861. The molecule has 0 rings (SSSR count). The molecule has 0 atom stereocenters. The lowest BCUT2D eigenvalue weighted by atomic mass is 10.1. The van der Waals surface area contributed by atoms with Gasteiger partial charge in [-0.2, -0.15) is 0 Å². The number of ether oxygens (including phenoxy) is 1. The van der Waals surface area contributed by atoms with E-state index in [1.165, 1.54) is 7.11 Å². The number of hydrogen-bond donors (Lipinski definition) is 0. The summed E-state index contributed by atoms with van der Waals surface area (Å²) < 4.78 is 4.33. The van der Waals surface area contributed by atoms with Crippen LogP contribution in [0.3, 0.4) is 0 Å². The maximum atomic E-state index is 10.7. The predicted molar refractivity (Wildman–Crippen MR) is 41.0 cm³/mol. The lowest BCUT2D eigenvalue weighted by Gasteiger charge is -1.98. The minimum absolute atomic E-state index is 0.0177. The molecule has 11 heavy (non-hydrogen) atoms. The molecule has 0 unspecified atom stereocenters. The Balaban J connectivity index is 3.97. The van der Waals surface area contributed by atoms with Gasteiger partial charge in [-0.05, 0) is 6.08 Å². The average Bonchev–Trinajstić information content (AvgIpc) is 2.02. The summed E-state index contributed by atoms with van der Waals surface area (Å²) in [5, 5.41) is 0. The topological polar surface area (TPSA) is 43.4 Å². The van der Waals surface area contributed by atoms with Gasteiger partial charge in [0.25, 0.3) is 0 Å². The van der Waals surface area contributed by atoms with Crippen molar-refractivity contribution in [2.45, 2.75) is 6.42 Å². The van der Waals surface area contributed by atoms with Crippen LogP contribution in [0.4, 0.5) is 0 Å². The normalized spacial score (nSPS) is 8.45. The molecule has 3 heteroatoms. The van der Waals surface area contributed by atoms with Crippen molar-refractivity contribution in [1.29, 1.82) is 0 Å². The monoisotopic (exact) mass is 154 g/mol. The van der Waals surface area contributed by atoms with E-state index in [1.54, 1.807) is 0 Å². The van der Waals surface area contributed by atoms with Gasteiger partial charge in [0.15, 0.2) is 5.78 Å². The Bertz CT molecular complexity index is 203. The fraction of sp³-hybridized carbons (Fsp3) is 0.250. The third kappa shape index (κ3) is 3.35. The third-order valence-electron chi connectivity index (χ3n) is 1.09. The maximum Gasteiger partial charge on any atom is 0.333 e. The van der Waals surface area contributed by atoms with Crippen LogP contribution in [0.2, 0.25) is 0 Å². The van der Waals surface area contributed by atoms with Crippen LogP contribution < -0.4 is 0 Å². The van der Waals surface area contributed by atoms with Crippen molar-refractivity contribution in [3.63, 3.8) is 0 Å². The zero-order valence-electron chi connectivity index (χ0n) is 6.42. The second-order valence-corrected chi connectivity index (χ2v) is 1.94. The molecular formula is C8H10O3. The molecule has 0 aliphatic heterocycles. The summed E-state index contributed by atoms with van der Waals surface area (Å²) in [7, 11) is 1.24. The molecule has 0 radical (unpaired) electrons. The summed E-state index contributed by atoms with van der Waals surface area (Å²) in [5.41, 5.74) is 0.150. The van der Waals surface area contributed by atoms with E-state index in [0.717, 1.165) is 6.08 Å². The van der Waals surface area contributed by atoms with Crippen molar-refractivity contribution in [1.82, 2.24) is 0 Å². The van der Waals surface area contributed by atoms with E-state index in [-0.39, 0.29) is 17.8 Å². The van der Waals surface area contributed by atoms with Crippen LogP contribution in [0.15, 0.2) is 24.8 Å². The molecule has 0 spiro atoms. The van der Waals surface area contributed by atoms with Crippen molar-refractivity contribution >= 4 is 11.8 Å². The molecule has 60 valence electrons.